The Labute approximate surface area is 145 Å². The molecule has 2 unspecified atom stereocenters. The Morgan fingerprint density at radius 1 is 1.33 bits per heavy atom. The van der Waals surface area contributed by atoms with Crippen LogP contribution < -0.4 is 10.6 Å². The number of rotatable bonds is 9. The highest BCUT2D eigenvalue weighted by Crippen LogP contribution is 2.17. The number of carbonyl (C=O) groups is 2. The van der Waals surface area contributed by atoms with Crippen LogP contribution in [0.1, 0.15) is 38.5 Å². The van der Waals surface area contributed by atoms with E-state index in [2.05, 4.69) is 17.2 Å². The Hall–Kier alpha value is -1.40. The molecule has 0 spiro atoms. The number of hydrogen-bond donors (Lipinski definition) is 2. The molecule has 0 bridgehead atoms. The molecule has 2 atom stereocenters. The van der Waals surface area contributed by atoms with Gasteiger partial charge in [-0.1, -0.05) is 6.08 Å². The second-order valence-corrected chi connectivity index (χ2v) is 6.71. The van der Waals surface area contributed by atoms with Crippen molar-refractivity contribution in [3.8, 4) is 0 Å². The molecule has 0 aromatic heterocycles. The number of hydrogen-bond acceptors (Lipinski definition) is 4. The largest absolute Gasteiger partial charge is 0.377 e. The normalized spacial score (nSPS) is 23.9. The van der Waals surface area contributed by atoms with Gasteiger partial charge in [0.05, 0.1) is 12.6 Å². The molecule has 2 aliphatic rings. The number of nitrogens with zero attached hydrogens (tertiary/aromatic N) is 1. The topological polar surface area (TPSA) is 70.7 Å². The third-order valence-electron chi connectivity index (χ3n) is 4.73. The first kappa shape index (κ1) is 18.9. The van der Waals surface area contributed by atoms with E-state index in [9.17, 15) is 9.59 Å². The van der Waals surface area contributed by atoms with Crippen LogP contribution in [-0.4, -0.2) is 62.1 Å². The van der Waals surface area contributed by atoms with Gasteiger partial charge in [0.1, 0.15) is 0 Å². The summed E-state index contributed by atoms with van der Waals surface area (Å²) in [5, 5.41) is 6.27. The Morgan fingerprint density at radius 2 is 2.21 bits per heavy atom. The van der Waals surface area contributed by atoms with Crippen LogP contribution in [0.15, 0.2) is 12.7 Å². The lowest BCUT2D eigenvalue weighted by Crippen LogP contribution is -2.46. The number of ether oxygens (including phenoxy) is 1. The predicted molar refractivity (Wildman–Crippen MR) is 93.6 cm³/mol. The second-order valence-electron chi connectivity index (χ2n) is 6.71. The molecule has 2 saturated heterocycles. The molecule has 0 saturated carbocycles. The van der Waals surface area contributed by atoms with Crippen molar-refractivity contribution in [2.24, 2.45) is 5.92 Å². The van der Waals surface area contributed by atoms with Gasteiger partial charge in [0.2, 0.25) is 11.8 Å². The zero-order chi connectivity index (χ0) is 17.2. The van der Waals surface area contributed by atoms with Gasteiger partial charge in [0, 0.05) is 32.7 Å². The van der Waals surface area contributed by atoms with Crippen molar-refractivity contribution in [1.29, 1.82) is 0 Å². The molecule has 6 nitrogen and oxygen atoms in total. The highest BCUT2D eigenvalue weighted by atomic mass is 16.5. The summed E-state index contributed by atoms with van der Waals surface area (Å²) in [5.74, 6) is 0.672. The fourth-order valence-corrected chi connectivity index (χ4v) is 3.38. The summed E-state index contributed by atoms with van der Waals surface area (Å²) < 4.78 is 5.31. The first-order valence-electron chi connectivity index (χ1n) is 9.18. The van der Waals surface area contributed by atoms with E-state index in [0.29, 0.717) is 32.1 Å². The molecular weight excluding hydrogens is 306 g/mol. The third-order valence-corrected chi connectivity index (χ3v) is 4.73. The van der Waals surface area contributed by atoms with Crippen molar-refractivity contribution in [3.05, 3.63) is 12.7 Å². The molecule has 24 heavy (non-hydrogen) atoms. The average molecular weight is 337 g/mol. The van der Waals surface area contributed by atoms with Crippen LogP contribution in [0.3, 0.4) is 0 Å². The molecular formula is C18H31N3O3. The van der Waals surface area contributed by atoms with E-state index in [0.717, 1.165) is 51.7 Å². The molecule has 2 N–H and O–H groups in total. The molecule has 0 aromatic rings. The first-order chi connectivity index (χ1) is 11.7. The number of nitrogens with one attached hydrogen (secondary N) is 2. The van der Waals surface area contributed by atoms with Crippen LogP contribution >= 0.6 is 0 Å². The Bertz CT molecular complexity index is 422. The molecule has 136 valence electrons. The fourth-order valence-electron chi connectivity index (χ4n) is 3.38. The van der Waals surface area contributed by atoms with Crippen molar-refractivity contribution in [1.82, 2.24) is 15.5 Å². The van der Waals surface area contributed by atoms with Crippen molar-refractivity contribution in [2.75, 3.05) is 39.4 Å². The van der Waals surface area contributed by atoms with Gasteiger partial charge in [0.25, 0.3) is 0 Å². The van der Waals surface area contributed by atoms with Crippen LogP contribution in [-0.2, 0) is 14.3 Å². The summed E-state index contributed by atoms with van der Waals surface area (Å²) in [6, 6.07) is -0.0260. The van der Waals surface area contributed by atoms with Gasteiger partial charge in [-0.3, -0.25) is 9.59 Å². The van der Waals surface area contributed by atoms with Gasteiger partial charge in [0.15, 0.2) is 0 Å². The van der Waals surface area contributed by atoms with E-state index in [1.165, 1.54) is 0 Å². The van der Waals surface area contributed by atoms with Gasteiger partial charge in [-0.05, 0) is 44.6 Å². The number of amides is 2. The maximum absolute atomic E-state index is 12.3. The summed E-state index contributed by atoms with van der Waals surface area (Å²) in [4.78, 5) is 26.3. The summed E-state index contributed by atoms with van der Waals surface area (Å²) in [6.45, 7) is 7.92. The Morgan fingerprint density at radius 3 is 2.96 bits per heavy atom. The van der Waals surface area contributed by atoms with E-state index in [1.54, 1.807) is 6.08 Å². The Kier molecular flexibility index (Phi) is 8.25. The molecule has 2 heterocycles. The zero-order valence-electron chi connectivity index (χ0n) is 14.6. The summed E-state index contributed by atoms with van der Waals surface area (Å²) in [6.07, 6.45) is 7.08. The minimum Gasteiger partial charge on any atom is -0.377 e. The van der Waals surface area contributed by atoms with Crippen molar-refractivity contribution >= 4 is 11.8 Å². The van der Waals surface area contributed by atoms with Crippen molar-refractivity contribution in [3.63, 3.8) is 0 Å². The van der Waals surface area contributed by atoms with Gasteiger partial charge < -0.3 is 20.3 Å². The van der Waals surface area contributed by atoms with E-state index in [4.69, 9.17) is 4.74 Å². The average Bonchev–Trinajstić information content (AvgIpc) is 3.14. The second kappa shape index (κ2) is 10.5. The van der Waals surface area contributed by atoms with Crippen LogP contribution in [0, 0.1) is 5.92 Å². The van der Waals surface area contributed by atoms with E-state index in [-0.39, 0.29) is 17.9 Å². The molecule has 6 heteroatoms. The van der Waals surface area contributed by atoms with Crippen LogP contribution in [0.4, 0.5) is 0 Å². The zero-order valence-corrected chi connectivity index (χ0v) is 14.6. The molecule has 2 rings (SSSR count). The third kappa shape index (κ3) is 6.24. The minimum atomic E-state index is -0.0260. The van der Waals surface area contributed by atoms with Crippen molar-refractivity contribution in [2.45, 2.75) is 44.6 Å². The number of piperidine rings is 1. The standard InChI is InChI=1S/C18H31N3O3/c1-2-11-24-12-5-8-17(22)21-10-4-6-15(14-21)13-20-18(23)16-7-3-9-19-16/h2,15-16,19H,1,3-14H2,(H,20,23). The molecule has 2 fully saturated rings. The van der Waals surface area contributed by atoms with Gasteiger partial charge in [-0.2, -0.15) is 0 Å². The molecule has 0 aromatic carbocycles. The van der Waals surface area contributed by atoms with E-state index < -0.39 is 0 Å². The SMILES string of the molecule is C=CCOCCCC(=O)N1CCCC(CNC(=O)C2CCCN2)C1. The highest BCUT2D eigenvalue weighted by Gasteiger charge is 2.26. The molecule has 2 aliphatic heterocycles. The fraction of sp³-hybridized carbons (Fsp3) is 0.778. The van der Waals surface area contributed by atoms with Crippen LogP contribution in [0.5, 0.6) is 0 Å². The van der Waals surface area contributed by atoms with Crippen LogP contribution in [0.2, 0.25) is 0 Å². The summed E-state index contributed by atoms with van der Waals surface area (Å²) in [5.41, 5.74) is 0. The number of carbonyl (C=O) groups excluding carboxylic acids is 2. The van der Waals surface area contributed by atoms with Gasteiger partial charge >= 0.3 is 0 Å². The lowest BCUT2D eigenvalue weighted by atomic mass is 9.97. The lowest BCUT2D eigenvalue weighted by molar-refractivity contribution is -0.133. The number of likely N-dealkylation sites (tertiary alicyclic amines) is 1. The molecule has 0 radical (unpaired) electrons. The van der Waals surface area contributed by atoms with Crippen molar-refractivity contribution < 1.29 is 14.3 Å². The summed E-state index contributed by atoms with van der Waals surface area (Å²) in [7, 11) is 0. The lowest BCUT2D eigenvalue weighted by Gasteiger charge is -2.33. The Balaban J connectivity index is 1.64. The van der Waals surface area contributed by atoms with E-state index in [1.807, 2.05) is 4.90 Å². The highest BCUT2D eigenvalue weighted by molar-refractivity contribution is 5.82. The van der Waals surface area contributed by atoms with Crippen LogP contribution in [0.25, 0.3) is 0 Å². The smallest absolute Gasteiger partial charge is 0.237 e. The van der Waals surface area contributed by atoms with Gasteiger partial charge in [-0.15, -0.1) is 6.58 Å². The molecule has 0 aliphatic carbocycles. The van der Waals surface area contributed by atoms with Gasteiger partial charge in [-0.25, -0.2) is 0 Å². The van der Waals surface area contributed by atoms with E-state index >= 15 is 0 Å². The maximum Gasteiger partial charge on any atom is 0.237 e. The summed E-state index contributed by atoms with van der Waals surface area (Å²) >= 11 is 0. The molecule has 2 amide bonds. The maximum atomic E-state index is 12.3. The monoisotopic (exact) mass is 337 g/mol. The minimum absolute atomic E-state index is 0.0260. The quantitative estimate of drug-likeness (QED) is 0.488. The first-order valence-corrected chi connectivity index (χ1v) is 9.18. The predicted octanol–water partition coefficient (Wildman–Crippen LogP) is 1.08.